The second-order valence-corrected chi connectivity index (χ2v) is 4.59. The minimum Gasteiger partial charge on any atom is -0.468 e. The zero-order valence-corrected chi connectivity index (χ0v) is 11.1. The van der Waals surface area contributed by atoms with E-state index >= 15 is 0 Å². The molecule has 3 heteroatoms. The number of ketones is 1. The molecule has 0 saturated carbocycles. The first kappa shape index (κ1) is 15.1. The van der Waals surface area contributed by atoms with E-state index in [9.17, 15) is 9.59 Å². The molecule has 0 spiro atoms. The highest BCUT2D eigenvalue weighted by Gasteiger charge is 2.45. The van der Waals surface area contributed by atoms with Crippen molar-refractivity contribution in [2.45, 2.75) is 53.4 Å². The smallest absolute Gasteiger partial charge is 0.319 e. The topological polar surface area (TPSA) is 43.4 Å². The minimum absolute atomic E-state index is 0.0167. The number of rotatable bonds is 7. The highest BCUT2D eigenvalue weighted by molar-refractivity contribution is 6.04. The van der Waals surface area contributed by atoms with Gasteiger partial charge in [0.1, 0.15) is 5.41 Å². The molecule has 0 saturated heterocycles. The van der Waals surface area contributed by atoms with E-state index in [0.29, 0.717) is 12.8 Å². The fourth-order valence-electron chi connectivity index (χ4n) is 2.28. The summed E-state index contributed by atoms with van der Waals surface area (Å²) in [4.78, 5) is 24.2. The molecule has 0 aromatic heterocycles. The number of carbonyl (C=O) groups is 2. The SMILES string of the molecule is CCCC(CCC)(C(=O)OC)C(=O)C(C)C. The van der Waals surface area contributed by atoms with Gasteiger partial charge in [0.15, 0.2) is 5.78 Å². The van der Waals surface area contributed by atoms with Gasteiger partial charge in [0.25, 0.3) is 0 Å². The van der Waals surface area contributed by atoms with Gasteiger partial charge < -0.3 is 4.74 Å². The molecule has 0 aromatic carbocycles. The van der Waals surface area contributed by atoms with Crippen LogP contribution in [0.5, 0.6) is 0 Å². The lowest BCUT2D eigenvalue weighted by atomic mass is 9.72. The van der Waals surface area contributed by atoms with Crippen molar-refractivity contribution in [3.63, 3.8) is 0 Å². The van der Waals surface area contributed by atoms with Crippen LogP contribution in [-0.2, 0) is 14.3 Å². The maximum atomic E-state index is 12.2. The van der Waals surface area contributed by atoms with Gasteiger partial charge in [-0.15, -0.1) is 0 Å². The molecule has 0 N–H and O–H groups in total. The van der Waals surface area contributed by atoms with Gasteiger partial charge in [-0.1, -0.05) is 40.5 Å². The van der Waals surface area contributed by atoms with Crippen molar-refractivity contribution in [1.29, 1.82) is 0 Å². The van der Waals surface area contributed by atoms with Gasteiger partial charge in [-0.2, -0.15) is 0 Å². The van der Waals surface area contributed by atoms with Gasteiger partial charge in [0, 0.05) is 5.92 Å². The van der Waals surface area contributed by atoms with Crippen molar-refractivity contribution < 1.29 is 14.3 Å². The number of Topliss-reactive ketones (excluding diaryl/α,β-unsaturated/α-hetero) is 1. The third kappa shape index (κ3) is 3.06. The van der Waals surface area contributed by atoms with Crippen molar-refractivity contribution in [2.24, 2.45) is 11.3 Å². The molecule has 0 radical (unpaired) electrons. The lowest BCUT2D eigenvalue weighted by molar-refractivity contribution is -0.160. The lowest BCUT2D eigenvalue weighted by Crippen LogP contribution is -2.42. The van der Waals surface area contributed by atoms with Gasteiger partial charge in [0.05, 0.1) is 7.11 Å². The molecule has 0 bridgehead atoms. The monoisotopic (exact) mass is 228 g/mol. The van der Waals surface area contributed by atoms with E-state index in [-0.39, 0.29) is 17.7 Å². The Labute approximate surface area is 98.6 Å². The van der Waals surface area contributed by atoms with Crippen molar-refractivity contribution in [3.8, 4) is 0 Å². The zero-order valence-electron chi connectivity index (χ0n) is 11.1. The molecule has 0 aliphatic heterocycles. The molecule has 0 heterocycles. The summed E-state index contributed by atoms with van der Waals surface area (Å²) < 4.78 is 4.83. The van der Waals surface area contributed by atoms with Crippen LogP contribution in [0, 0.1) is 11.3 Å². The summed E-state index contributed by atoms with van der Waals surface area (Å²) in [7, 11) is 1.36. The molecule has 0 aliphatic carbocycles. The van der Waals surface area contributed by atoms with Crippen LogP contribution in [0.1, 0.15) is 53.4 Å². The van der Waals surface area contributed by atoms with Crippen LogP contribution in [0.15, 0.2) is 0 Å². The summed E-state index contributed by atoms with van der Waals surface area (Å²) in [6.07, 6.45) is 2.80. The van der Waals surface area contributed by atoms with Crippen LogP contribution >= 0.6 is 0 Å². The summed E-state index contributed by atoms with van der Waals surface area (Å²) in [5.41, 5.74) is -0.910. The molecule has 3 nitrogen and oxygen atoms in total. The van der Waals surface area contributed by atoms with Gasteiger partial charge in [0.2, 0.25) is 0 Å². The van der Waals surface area contributed by atoms with E-state index in [2.05, 4.69) is 0 Å². The standard InChI is InChI=1S/C13H24O3/c1-6-8-13(9-7-2,12(15)16-5)11(14)10(3)4/h10H,6-9H2,1-5H3. The normalized spacial score (nSPS) is 11.6. The highest BCUT2D eigenvalue weighted by Crippen LogP contribution is 2.35. The van der Waals surface area contributed by atoms with Crippen LogP contribution in [0.25, 0.3) is 0 Å². The summed E-state index contributed by atoms with van der Waals surface area (Å²) in [5, 5.41) is 0. The van der Waals surface area contributed by atoms with Crippen LogP contribution in [-0.4, -0.2) is 18.9 Å². The number of carbonyl (C=O) groups excluding carboxylic acids is 2. The van der Waals surface area contributed by atoms with Crippen LogP contribution in [0.4, 0.5) is 0 Å². The quantitative estimate of drug-likeness (QED) is 0.497. The Morgan fingerprint density at radius 2 is 1.56 bits per heavy atom. The van der Waals surface area contributed by atoms with Crippen molar-refractivity contribution >= 4 is 11.8 Å². The second kappa shape index (κ2) is 6.66. The number of ether oxygens (including phenoxy) is 1. The molecule has 0 aliphatic rings. The predicted octanol–water partition coefficient (Wildman–Crippen LogP) is 2.97. The van der Waals surface area contributed by atoms with Gasteiger partial charge in [-0.3, -0.25) is 9.59 Å². The summed E-state index contributed by atoms with van der Waals surface area (Å²) in [5.74, 6) is -0.477. The Morgan fingerprint density at radius 1 is 1.12 bits per heavy atom. The number of esters is 1. The fraction of sp³-hybridized carbons (Fsp3) is 0.846. The van der Waals surface area contributed by atoms with Crippen LogP contribution < -0.4 is 0 Å². The number of methoxy groups -OCH3 is 1. The van der Waals surface area contributed by atoms with E-state index in [4.69, 9.17) is 4.74 Å². The predicted molar refractivity (Wildman–Crippen MR) is 64.1 cm³/mol. The average Bonchev–Trinajstić information content (AvgIpc) is 2.26. The molecule has 0 amide bonds. The van der Waals surface area contributed by atoms with Crippen LogP contribution in [0.3, 0.4) is 0 Å². The van der Waals surface area contributed by atoms with Crippen molar-refractivity contribution in [1.82, 2.24) is 0 Å². The maximum absolute atomic E-state index is 12.2. The molecule has 0 fully saturated rings. The summed E-state index contributed by atoms with van der Waals surface area (Å²) >= 11 is 0. The van der Waals surface area contributed by atoms with Gasteiger partial charge in [-0.25, -0.2) is 0 Å². The first-order chi connectivity index (χ1) is 7.46. The first-order valence-corrected chi connectivity index (χ1v) is 6.09. The maximum Gasteiger partial charge on any atom is 0.319 e. The van der Waals surface area contributed by atoms with Crippen molar-refractivity contribution in [3.05, 3.63) is 0 Å². The number of hydrogen-bond acceptors (Lipinski definition) is 3. The van der Waals surface area contributed by atoms with E-state index in [1.165, 1.54) is 7.11 Å². The molecule has 16 heavy (non-hydrogen) atoms. The average molecular weight is 228 g/mol. The molecular weight excluding hydrogens is 204 g/mol. The van der Waals surface area contributed by atoms with E-state index in [1.807, 2.05) is 27.7 Å². The van der Waals surface area contributed by atoms with Crippen LogP contribution in [0.2, 0.25) is 0 Å². The van der Waals surface area contributed by atoms with E-state index in [1.54, 1.807) is 0 Å². The molecule has 94 valence electrons. The van der Waals surface area contributed by atoms with E-state index in [0.717, 1.165) is 12.8 Å². The molecule has 0 aromatic rings. The Kier molecular flexibility index (Phi) is 6.31. The summed E-state index contributed by atoms with van der Waals surface area (Å²) in [6, 6.07) is 0. The third-order valence-electron chi connectivity index (χ3n) is 2.93. The first-order valence-electron chi connectivity index (χ1n) is 6.09. The largest absolute Gasteiger partial charge is 0.468 e. The molecular formula is C13H24O3. The molecule has 0 unspecified atom stereocenters. The van der Waals surface area contributed by atoms with Gasteiger partial charge >= 0.3 is 5.97 Å². The zero-order chi connectivity index (χ0) is 12.8. The van der Waals surface area contributed by atoms with E-state index < -0.39 is 5.41 Å². The Bertz CT molecular complexity index is 238. The fourth-order valence-corrected chi connectivity index (χ4v) is 2.28. The third-order valence-corrected chi connectivity index (χ3v) is 2.93. The second-order valence-electron chi connectivity index (χ2n) is 4.59. The lowest BCUT2D eigenvalue weighted by Gasteiger charge is -2.30. The highest BCUT2D eigenvalue weighted by atomic mass is 16.5. The van der Waals surface area contributed by atoms with Crippen molar-refractivity contribution in [2.75, 3.05) is 7.11 Å². The Hall–Kier alpha value is -0.860. The Morgan fingerprint density at radius 3 is 1.81 bits per heavy atom. The minimum atomic E-state index is -0.910. The number of hydrogen-bond donors (Lipinski definition) is 0. The molecule has 0 rings (SSSR count). The van der Waals surface area contributed by atoms with Gasteiger partial charge in [-0.05, 0) is 12.8 Å². The molecule has 0 atom stereocenters. The summed E-state index contributed by atoms with van der Waals surface area (Å²) in [6.45, 7) is 7.65. The Balaban J connectivity index is 5.23.